The van der Waals surface area contributed by atoms with Gasteiger partial charge in [0.2, 0.25) is 11.8 Å². The third kappa shape index (κ3) is 7.49. The number of aromatic nitrogens is 3. The molecule has 1 aliphatic heterocycles. The van der Waals surface area contributed by atoms with E-state index in [-0.39, 0.29) is 47.1 Å². The molecule has 13 heteroatoms. The van der Waals surface area contributed by atoms with Crippen molar-refractivity contribution < 1.29 is 32.3 Å². The Morgan fingerprint density at radius 2 is 1.69 bits per heavy atom. The number of benzene rings is 3. The minimum absolute atomic E-state index is 0.0269. The molecular weight excluding hydrogens is 665 g/mol. The van der Waals surface area contributed by atoms with E-state index >= 15 is 0 Å². The summed E-state index contributed by atoms with van der Waals surface area (Å²) in [5.41, 5.74) is 2.85. The Hall–Kier alpha value is -4.30. The Balaban J connectivity index is 1.15. The number of thiazole rings is 1. The summed E-state index contributed by atoms with van der Waals surface area (Å²) in [5, 5.41) is 17.5. The predicted molar refractivity (Wildman–Crippen MR) is 184 cm³/mol. The van der Waals surface area contributed by atoms with Crippen LogP contribution in [0.2, 0.25) is 0 Å². The van der Waals surface area contributed by atoms with Crippen LogP contribution in [-0.2, 0) is 31.5 Å². The maximum Gasteiger partial charge on any atom is 0.254 e. The summed E-state index contributed by atoms with van der Waals surface area (Å²) in [6.07, 6.45) is 2.75. The lowest BCUT2D eigenvalue weighted by Gasteiger charge is -2.36. The molecule has 0 radical (unpaired) electrons. The normalized spacial score (nSPS) is 16.7. The molecule has 1 N–H and O–H groups in total. The Labute approximate surface area is 287 Å². The lowest BCUT2D eigenvalue weighted by Crippen LogP contribution is -2.40. The van der Waals surface area contributed by atoms with Gasteiger partial charge in [0.15, 0.2) is 15.1 Å². The van der Waals surface area contributed by atoms with Gasteiger partial charge >= 0.3 is 0 Å². The second-order valence-electron chi connectivity index (χ2n) is 12.7. The van der Waals surface area contributed by atoms with Gasteiger partial charge in [-0.25, -0.2) is 13.4 Å². The number of fused-ring (bicyclic) bond motifs is 1. The summed E-state index contributed by atoms with van der Waals surface area (Å²) in [4.78, 5) is 32.1. The molecule has 5 aromatic rings. The Morgan fingerprint density at radius 3 is 2.41 bits per heavy atom. The number of hydrogen-bond donors (Lipinski definition) is 1. The van der Waals surface area contributed by atoms with E-state index in [1.165, 1.54) is 11.3 Å². The number of ketones is 1. The third-order valence-corrected chi connectivity index (χ3v) is 12.3. The first-order chi connectivity index (χ1) is 23.7. The Bertz CT molecular complexity index is 2070. The lowest BCUT2D eigenvalue weighted by atomic mass is 9.76. The number of hydrogen-bond acceptors (Lipinski definition) is 11. The average molecular weight is 701 g/mol. The van der Waals surface area contributed by atoms with Crippen molar-refractivity contribution in [2.75, 3.05) is 26.3 Å². The molecule has 11 nitrogen and oxygen atoms in total. The van der Waals surface area contributed by atoms with E-state index in [2.05, 4.69) is 10.2 Å². The molecule has 1 saturated heterocycles. The Morgan fingerprint density at radius 1 is 0.959 bits per heavy atom. The van der Waals surface area contributed by atoms with E-state index in [0.717, 1.165) is 22.2 Å². The molecule has 1 atom stereocenters. The largest absolute Gasteiger partial charge is 0.423 e. The number of amides is 1. The minimum atomic E-state index is -3.96. The van der Waals surface area contributed by atoms with Crippen molar-refractivity contribution in [2.24, 2.45) is 0 Å². The molecule has 1 amide bonds. The SMILES string of the molecule is O=C(CCC1(O)CCC1)Cc1nnc(C(c2nc3ccc(-c4ccc(C(=O)N5CCOCC5)cc4)cc3s2)S(=O)(=O)Cc2ccccc2)o1. The van der Waals surface area contributed by atoms with E-state index in [1.807, 2.05) is 48.5 Å². The summed E-state index contributed by atoms with van der Waals surface area (Å²) < 4.78 is 40.1. The molecule has 3 heterocycles. The summed E-state index contributed by atoms with van der Waals surface area (Å²) >= 11 is 1.23. The highest BCUT2D eigenvalue weighted by Crippen LogP contribution is 2.39. The van der Waals surface area contributed by atoms with Gasteiger partial charge in [0, 0.05) is 25.1 Å². The number of ether oxygens (including phenoxy) is 1. The van der Waals surface area contributed by atoms with Crippen molar-refractivity contribution in [2.45, 2.75) is 55.1 Å². The number of carbonyl (C=O) groups is 2. The van der Waals surface area contributed by atoms with Crippen LogP contribution in [0.1, 0.15) is 70.1 Å². The molecular formula is C36H36N4O7S2. The highest BCUT2D eigenvalue weighted by atomic mass is 32.2. The molecule has 2 aromatic heterocycles. The molecule has 1 unspecified atom stereocenters. The van der Waals surface area contributed by atoms with Crippen LogP contribution in [-0.4, -0.2) is 77.2 Å². The summed E-state index contributed by atoms with van der Waals surface area (Å²) in [5.74, 6) is -0.577. The molecule has 0 bridgehead atoms. The van der Waals surface area contributed by atoms with Crippen molar-refractivity contribution in [3.05, 3.63) is 101 Å². The van der Waals surface area contributed by atoms with Gasteiger partial charge in [-0.05, 0) is 66.6 Å². The van der Waals surface area contributed by atoms with Gasteiger partial charge in [-0.1, -0.05) is 48.5 Å². The van der Waals surface area contributed by atoms with E-state index in [9.17, 15) is 23.1 Å². The molecule has 49 heavy (non-hydrogen) atoms. The van der Waals surface area contributed by atoms with Gasteiger partial charge in [0.05, 0.1) is 41.2 Å². The number of morpholine rings is 1. The van der Waals surface area contributed by atoms with E-state index < -0.39 is 20.7 Å². The van der Waals surface area contributed by atoms with E-state index in [0.29, 0.717) is 62.2 Å². The number of aliphatic hydroxyl groups is 1. The summed E-state index contributed by atoms with van der Waals surface area (Å²) in [6, 6.07) is 22.0. The zero-order valence-corrected chi connectivity index (χ0v) is 28.4. The smallest absolute Gasteiger partial charge is 0.254 e. The number of rotatable bonds is 12. The van der Waals surface area contributed by atoms with E-state index in [4.69, 9.17) is 14.1 Å². The van der Waals surface area contributed by atoms with Gasteiger partial charge in [0.25, 0.3) is 5.91 Å². The highest BCUT2D eigenvalue weighted by molar-refractivity contribution is 7.91. The first-order valence-corrected chi connectivity index (χ1v) is 18.9. The topological polar surface area (TPSA) is 153 Å². The second kappa shape index (κ2) is 13.9. The van der Waals surface area contributed by atoms with Crippen molar-refractivity contribution >= 4 is 43.1 Å². The van der Waals surface area contributed by atoms with Crippen molar-refractivity contribution in [1.29, 1.82) is 0 Å². The van der Waals surface area contributed by atoms with Crippen LogP contribution in [0.4, 0.5) is 0 Å². The van der Waals surface area contributed by atoms with Crippen LogP contribution in [0.15, 0.2) is 77.2 Å². The summed E-state index contributed by atoms with van der Waals surface area (Å²) in [6.45, 7) is 2.21. The molecule has 7 rings (SSSR count). The average Bonchev–Trinajstić information content (AvgIpc) is 3.73. The van der Waals surface area contributed by atoms with Crippen LogP contribution < -0.4 is 0 Å². The third-order valence-electron chi connectivity index (χ3n) is 9.17. The molecule has 0 spiro atoms. The quantitative estimate of drug-likeness (QED) is 0.181. The van der Waals surface area contributed by atoms with Crippen LogP contribution in [0, 0.1) is 0 Å². The first kappa shape index (κ1) is 33.2. The highest BCUT2D eigenvalue weighted by Gasteiger charge is 2.38. The maximum atomic E-state index is 14.1. The molecule has 2 fully saturated rings. The molecule has 3 aromatic carbocycles. The fourth-order valence-electron chi connectivity index (χ4n) is 6.20. The number of carbonyl (C=O) groups excluding carboxylic acids is 2. The fraction of sp³-hybridized carbons (Fsp3) is 0.361. The lowest BCUT2D eigenvalue weighted by molar-refractivity contribution is -0.121. The van der Waals surface area contributed by atoms with Crippen molar-refractivity contribution in [3.8, 4) is 11.1 Å². The molecule has 254 valence electrons. The second-order valence-corrected chi connectivity index (χ2v) is 15.9. The number of sulfone groups is 1. The number of Topliss-reactive ketones (excluding diaryl/α,β-unsaturated/α-hetero) is 1. The van der Waals surface area contributed by atoms with Gasteiger partial charge in [-0.2, -0.15) is 0 Å². The van der Waals surface area contributed by atoms with Crippen LogP contribution in [0.25, 0.3) is 21.3 Å². The van der Waals surface area contributed by atoms with Gasteiger partial charge < -0.3 is 19.2 Å². The molecule has 2 aliphatic rings. The van der Waals surface area contributed by atoms with Crippen LogP contribution in [0.3, 0.4) is 0 Å². The van der Waals surface area contributed by atoms with Crippen LogP contribution >= 0.6 is 11.3 Å². The van der Waals surface area contributed by atoms with Crippen molar-refractivity contribution in [1.82, 2.24) is 20.1 Å². The predicted octanol–water partition coefficient (Wildman–Crippen LogP) is 5.33. The summed E-state index contributed by atoms with van der Waals surface area (Å²) in [7, 11) is -3.96. The fourth-order valence-corrected chi connectivity index (χ4v) is 9.35. The van der Waals surface area contributed by atoms with Gasteiger partial charge in [-0.3, -0.25) is 9.59 Å². The van der Waals surface area contributed by atoms with E-state index in [1.54, 1.807) is 29.2 Å². The van der Waals surface area contributed by atoms with Gasteiger partial charge in [0.1, 0.15) is 10.8 Å². The van der Waals surface area contributed by atoms with Gasteiger partial charge in [-0.15, -0.1) is 21.5 Å². The Kier molecular flexibility index (Phi) is 9.42. The molecule has 1 aliphatic carbocycles. The first-order valence-electron chi connectivity index (χ1n) is 16.4. The van der Waals surface area contributed by atoms with Crippen LogP contribution in [0.5, 0.6) is 0 Å². The zero-order valence-electron chi connectivity index (χ0n) is 26.8. The zero-order chi connectivity index (χ0) is 34.0. The standard InChI is InChI=1S/C36H36N4O7S2/c41-28(13-16-36(43)14-4-15-36)22-31-38-39-33(47-31)32(49(44,45)23-24-5-2-1-3-6-24)34-37-29-12-11-27(21-30(29)48-34)25-7-9-26(10-8-25)35(42)40-17-19-46-20-18-40/h1-3,5-12,21,32,43H,4,13-20,22-23H2. The maximum absolute atomic E-state index is 14.1. The molecule has 1 saturated carbocycles. The van der Waals surface area contributed by atoms with Crippen molar-refractivity contribution in [3.63, 3.8) is 0 Å². The monoisotopic (exact) mass is 700 g/mol. The minimum Gasteiger partial charge on any atom is -0.423 e. The number of nitrogens with zero attached hydrogens (tertiary/aromatic N) is 4.